The van der Waals surface area contributed by atoms with Gasteiger partial charge in [0.1, 0.15) is 6.29 Å². The van der Waals surface area contributed by atoms with Gasteiger partial charge in [0.05, 0.1) is 17.0 Å². The van der Waals surface area contributed by atoms with Crippen LogP contribution in [-0.2, 0) is 9.59 Å². The molecule has 0 saturated carbocycles. The first kappa shape index (κ1) is 6.91. The number of aldehydes is 1. The van der Waals surface area contributed by atoms with Crippen molar-refractivity contribution in [3.05, 3.63) is 12.3 Å². The molecule has 1 fully saturated rings. The van der Waals surface area contributed by atoms with Gasteiger partial charge in [0.15, 0.2) is 0 Å². The monoisotopic (exact) mass is 169 g/mol. The first-order valence-electron chi connectivity index (χ1n) is 3.41. The van der Waals surface area contributed by atoms with Gasteiger partial charge in [-0.15, -0.1) is 11.8 Å². The zero-order valence-electron chi connectivity index (χ0n) is 5.77. The van der Waals surface area contributed by atoms with Gasteiger partial charge < -0.3 is 9.69 Å². The third kappa shape index (κ3) is 0.976. The number of thioether (sulfide) groups is 1. The fourth-order valence-corrected chi connectivity index (χ4v) is 2.32. The second-order valence-corrected chi connectivity index (χ2v) is 3.90. The predicted molar refractivity (Wildman–Crippen MR) is 41.8 cm³/mol. The van der Waals surface area contributed by atoms with Crippen LogP contribution in [0.25, 0.3) is 0 Å². The average Bonchev–Trinajstić information content (AvgIpc) is 2.02. The smallest absolute Gasteiger partial charge is 0.230 e. The first-order valence-corrected chi connectivity index (χ1v) is 4.36. The molecule has 1 unspecified atom stereocenters. The minimum atomic E-state index is -0.0515. The Morgan fingerprint density at radius 1 is 1.73 bits per heavy atom. The number of fused-ring (bicyclic) bond motifs is 1. The summed E-state index contributed by atoms with van der Waals surface area (Å²) in [5.74, 6) is 0.156. The van der Waals surface area contributed by atoms with Gasteiger partial charge in [0.2, 0.25) is 5.91 Å². The Balaban J connectivity index is 2.11. The van der Waals surface area contributed by atoms with Crippen molar-refractivity contribution in [1.29, 1.82) is 0 Å². The number of β-lactam (4-membered cyclic amide) rings is 1. The Hall–Kier alpha value is -0.770. The van der Waals surface area contributed by atoms with Crippen molar-refractivity contribution in [2.75, 3.05) is 0 Å². The number of rotatable bonds is 1. The van der Waals surface area contributed by atoms with E-state index in [2.05, 4.69) is 0 Å². The van der Waals surface area contributed by atoms with Crippen molar-refractivity contribution in [3.63, 3.8) is 0 Å². The Kier molecular flexibility index (Phi) is 1.49. The molecule has 0 aromatic rings. The number of amides is 1. The molecule has 0 aromatic heterocycles. The van der Waals surface area contributed by atoms with Crippen LogP contribution in [0.1, 0.15) is 6.42 Å². The second kappa shape index (κ2) is 2.37. The third-order valence-electron chi connectivity index (χ3n) is 1.83. The molecule has 4 heteroatoms. The molecule has 58 valence electrons. The highest BCUT2D eigenvalue weighted by Gasteiger charge is 2.38. The number of carbonyl (C=O) groups is 2. The maximum atomic E-state index is 10.8. The van der Waals surface area contributed by atoms with Crippen LogP contribution in [0.15, 0.2) is 12.3 Å². The standard InChI is InChI=1S/C7H7NO2S/c9-4-5-1-2-8-6(10)3-7(8)11-5/h1-2,4-5,7H,3H2/t5?,7-/m1/s1. The molecule has 0 radical (unpaired) electrons. The summed E-state index contributed by atoms with van der Waals surface area (Å²) < 4.78 is 0. The normalized spacial score (nSPS) is 34.5. The van der Waals surface area contributed by atoms with Gasteiger partial charge in [-0.25, -0.2) is 0 Å². The van der Waals surface area contributed by atoms with Crippen LogP contribution in [0.4, 0.5) is 0 Å². The summed E-state index contributed by atoms with van der Waals surface area (Å²) in [7, 11) is 0. The second-order valence-electron chi connectivity index (χ2n) is 2.54. The zero-order chi connectivity index (χ0) is 7.84. The molecular weight excluding hydrogens is 162 g/mol. The third-order valence-corrected chi connectivity index (χ3v) is 3.12. The molecule has 1 amide bonds. The summed E-state index contributed by atoms with van der Waals surface area (Å²) in [5, 5.41) is 0.173. The fraction of sp³-hybridized carbons (Fsp3) is 0.429. The van der Waals surface area contributed by atoms with Gasteiger partial charge in [-0.3, -0.25) is 4.79 Å². The molecule has 0 spiro atoms. The molecule has 1 saturated heterocycles. The Morgan fingerprint density at radius 3 is 3.09 bits per heavy atom. The van der Waals surface area contributed by atoms with Crippen molar-refractivity contribution >= 4 is 24.0 Å². The molecule has 2 rings (SSSR count). The minimum absolute atomic E-state index is 0.0515. The Bertz CT molecular complexity index is 239. The van der Waals surface area contributed by atoms with Gasteiger partial charge in [-0.2, -0.15) is 0 Å². The Labute approximate surface area is 68.4 Å². The van der Waals surface area contributed by atoms with Gasteiger partial charge in [0, 0.05) is 6.20 Å². The van der Waals surface area contributed by atoms with Crippen LogP contribution in [0.2, 0.25) is 0 Å². The lowest BCUT2D eigenvalue weighted by molar-refractivity contribution is -0.137. The van der Waals surface area contributed by atoms with E-state index in [0.717, 1.165) is 6.29 Å². The summed E-state index contributed by atoms with van der Waals surface area (Å²) in [6.45, 7) is 0. The lowest BCUT2D eigenvalue weighted by Crippen LogP contribution is -2.49. The van der Waals surface area contributed by atoms with Crippen LogP contribution in [0, 0.1) is 0 Å². The van der Waals surface area contributed by atoms with Crippen molar-refractivity contribution < 1.29 is 9.59 Å². The van der Waals surface area contributed by atoms with Crippen LogP contribution in [0.3, 0.4) is 0 Å². The van der Waals surface area contributed by atoms with Crippen LogP contribution in [-0.4, -0.2) is 27.7 Å². The van der Waals surface area contributed by atoms with Gasteiger partial charge in [-0.05, 0) is 6.08 Å². The SMILES string of the molecule is O=CC1C=CN2C(=O)C[C@H]2S1. The van der Waals surface area contributed by atoms with Crippen LogP contribution < -0.4 is 0 Å². The van der Waals surface area contributed by atoms with E-state index in [9.17, 15) is 9.59 Å². The van der Waals surface area contributed by atoms with E-state index >= 15 is 0 Å². The quantitative estimate of drug-likeness (QED) is 0.420. The van der Waals surface area contributed by atoms with Crippen LogP contribution in [0.5, 0.6) is 0 Å². The topological polar surface area (TPSA) is 37.4 Å². The van der Waals surface area contributed by atoms with Crippen molar-refractivity contribution in [1.82, 2.24) is 4.90 Å². The highest BCUT2D eigenvalue weighted by molar-refractivity contribution is 8.01. The average molecular weight is 169 g/mol. The fourth-order valence-electron chi connectivity index (χ4n) is 1.18. The van der Waals surface area contributed by atoms with E-state index in [-0.39, 0.29) is 16.5 Å². The molecule has 0 aromatic carbocycles. The molecule has 0 bridgehead atoms. The molecule has 2 heterocycles. The predicted octanol–water partition coefficient (Wildman–Crippen LogP) is 0.373. The summed E-state index contributed by atoms with van der Waals surface area (Å²) >= 11 is 1.54. The largest absolute Gasteiger partial charge is 0.306 e. The van der Waals surface area contributed by atoms with E-state index in [1.165, 1.54) is 11.8 Å². The summed E-state index contributed by atoms with van der Waals surface area (Å²) in [6, 6.07) is 0. The van der Waals surface area contributed by atoms with E-state index in [1.807, 2.05) is 0 Å². The molecule has 2 atom stereocenters. The van der Waals surface area contributed by atoms with Gasteiger partial charge >= 0.3 is 0 Å². The summed E-state index contributed by atoms with van der Waals surface area (Å²) in [6.07, 6.45) is 4.96. The number of nitrogens with zero attached hydrogens (tertiary/aromatic N) is 1. The highest BCUT2D eigenvalue weighted by Crippen LogP contribution is 2.35. The van der Waals surface area contributed by atoms with E-state index in [4.69, 9.17) is 0 Å². The molecule has 3 nitrogen and oxygen atoms in total. The molecule has 11 heavy (non-hydrogen) atoms. The lowest BCUT2D eigenvalue weighted by Gasteiger charge is -2.40. The molecule has 0 N–H and O–H groups in total. The molecule has 0 aliphatic carbocycles. The van der Waals surface area contributed by atoms with Crippen molar-refractivity contribution in [3.8, 4) is 0 Å². The number of hydrogen-bond acceptors (Lipinski definition) is 3. The molecule has 2 aliphatic heterocycles. The van der Waals surface area contributed by atoms with E-state index in [1.54, 1.807) is 17.2 Å². The van der Waals surface area contributed by atoms with Crippen LogP contribution >= 0.6 is 11.8 Å². The minimum Gasteiger partial charge on any atom is -0.306 e. The van der Waals surface area contributed by atoms with E-state index in [0.29, 0.717) is 6.42 Å². The first-order chi connectivity index (χ1) is 5.31. The lowest BCUT2D eigenvalue weighted by atomic mass is 10.2. The summed E-state index contributed by atoms with van der Waals surface area (Å²) in [5.41, 5.74) is 0. The zero-order valence-corrected chi connectivity index (χ0v) is 6.58. The maximum absolute atomic E-state index is 10.8. The Morgan fingerprint density at radius 2 is 2.55 bits per heavy atom. The van der Waals surface area contributed by atoms with Crippen molar-refractivity contribution in [2.45, 2.75) is 17.0 Å². The van der Waals surface area contributed by atoms with Crippen molar-refractivity contribution in [2.24, 2.45) is 0 Å². The van der Waals surface area contributed by atoms with Gasteiger partial charge in [0.25, 0.3) is 0 Å². The number of hydrogen-bond donors (Lipinski definition) is 0. The maximum Gasteiger partial charge on any atom is 0.230 e. The number of carbonyl (C=O) groups excluding carboxylic acids is 2. The summed E-state index contributed by atoms with van der Waals surface area (Å²) in [4.78, 5) is 22.8. The van der Waals surface area contributed by atoms with Gasteiger partial charge in [-0.1, -0.05) is 0 Å². The highest BCUT2D eigenvalue weighted by atomic mass is 32.2. The molecular formula is C7H7NO2S. The molecule has 2 aliphatic rings. The van der Waals surface area contributed by atoms with E-state index < -0.39 is 0 Å².